The minimum atomic E-state index is -1.53. The first-order chi connectivity index (χ1) is 16.5. The topological polar surface area (TPSA) is 61.3 Å². The van der Waals surface area contributed by atoms with Crippen LogP contribution in [0, 0.1) is 11.7 Å². The number of benzene rings is 1. The minimum absolute atomic E-state index is 0.202. The van der Waals surface area contributed by atoms with Gasteiger partial charge in [-0.3, -0.25) is 0 Å². The molecule has 3 rings (SSSR count). The lowest BCUT2D eigenvalue weighted by Gasteiger charge is -2.28. The van der Waals surface area contributed by atoms with Crippen LogP contribution in [0.3, 0.4) is 0 Å². The Morgan fingerprint density at radius 3 is 2.44 bits per heavy atom. The third kappa shape index (κ3) is 7.74. The van der Waals surface area contributed by atoms with Crippen molar-refractivity contribution in [2.24, 2.45) is 5.92 Å². The lowest BCUT2D eigenvalue weighted by molar-refractivity contribution is -0.157. The molecule has 1 aromatic carbocycles. The van der Waals surface area contributed by atoms with Gasteiger partial charge in [-0.25, -0.2) is 23.5 Å². The average Bonchev–Trinajstić information content (AvgIpc) is 2.86. The summed E-state index contributed by atoms with van der Waals surface area (Å²) < 4.78 is 39.5. The zero-order chi connectivity index (χ0) is 24.3. The predicted octanol–water partition coefficient (Wildman–Crippen LogP) is 6.63. The molecule has 0 aliphatic heterocycles. The molecule has 186 valence electrons. The molecule has 1 heterocycles. The van der Waals surface area contributed by atoms with E-state index in [-0.39, 0.29) is 24.2 Å². The van der Waals surface area contributed by atoms with Gasteiger partial charge in [-0.05, 0) is 74.6 Å². The highest BCUT2D eigenvalue weighted by Gasteiger charge is 2.27. The van der Waals surface area contributed by atoms with Crippen LogP contribution in [-0.2, 0) is 16.0 Å². The van der Waals surface area contributed by atoms with Crippen LogP contribution in [0.25, 0.3) is 11.4 Å². The van der Waals surface area contributed by atoms with Gasteiger partial charge in [-0.15, -0.1) is 0 Å². The SMILES string of the molecule is CCCCc1cnc(-c2ccc(OC[C@H]3CC[C@H](OC(=O)[C@@H](F)CCCC)CC3)c(F)c2)nc1. The Labute approximate surface area is 201 Å². The fraction of sp³-hybridized carbons (Fsp3) is 0.593. The van der Waals surface area contributed by atoms with Gasteiger partial charge in [0.05, 0.1) is 6.61 Å². The summed E-state index contributed by atoms with van der Waals surface area (Å²) in [5, 5.41) is 0. The molecule has 0 spiro atoms. The molecule has 0 unspecified atom stereocenters. The van der Waals surface area contributed by atoms with E-state index in [9.17, 15) is 13.6 Å². The van der Waals surface area contributed by atoms with Crippen LogP contribution in [0.5, 0.6) is 5.75 Å². The van der Waals surface area contributed by atoms with E-state index in [1.165, 1.54) is 6.07 Å². The number of rotatable bonds is 12. The first kappa shape index (κ1) is 26.0. The number of hydrogen-bond acceptors (Lipinski definition) is 5. The molecule has 1 saturated carbocycles. The Bertz CT molecular complexity index is 899. The average molecular weight is 475 g/mol. The number of aromatic nitrogens is 2. The molecule has 1 aliphatic carbocycles. The summed E-state index contributed by atoms with van der Waals surface area (Å²) in [6.45, 7) is 4.49. The summed E-state index contributed by atoms with van der Waals surface area (Å²) >= 11 is 0. The van der Waals surface area contributed by atoms with Crippen molar-refractivity contribution in [2.75, 3.05) is 6.61 Å². The van der Waals surface area contributed by atoms with E-state index in [1.54, 1.807) is 24.5 Å². The molecule has 7 heteroatoms. The lowest BCUT2D eigenvalue weighted by Crippen LogP contribution is -2.30. The van der Waals surface area contributed by atoms with Gasteiger partial charge in [0, 0.05) is 18.0 Å². The number of unbranched alkanes of at least 4 members (excludes halogenated alkanes) is 2. The second-order valence-corrected chi connectivity index (χ2v) is 9.16. The van der Waals surface area contributed by atoms with Crippen molar-refractivity contribution in [2.45, 2.75) is 90.3 Å². The van der Waals surface area contributed by atoms with Crippen molar-refractivity contribution in [3.63, 3.8) is 0 Å². The third-order valence-corrected chi connectivity index (χ3v) is 6.33. The highest BCUT2D eigenvalue weighted by Crippen LogP contribution is 2.29. The number of halogens is 2. The zero-order valence-corrected chi connectivity index (χ0v) is 20.3. The summed E-state index contributed by atoms with van der Waals surface area (Å²) in [5.74, 6) is -0.249. The normalized spacial score (nSPS) is 18.9. The number of carbonyl (C=O) groups is 1. The lowest BCUT2D eigenvalue weighted by atomic mass is 9.88. The van der Waals surface area contributed by atoms with Crippen LogP contribution in [0.15, 0.2) is 30.6 Å². The van der Waals surface area contributed by atoms with Crippen molar-refractivity contribution in [1.29, 1.82) is 0 Å². The summed E-state index contributed by atoms with van der Waals surface area (Å²) in [4.78, 5) is 20.6. The molecule has 5 nitrogen and oxygen atoms in total. The van der Waals surface area contributed by atoms with Crippen molar-refractivity contribution in [1.82, 2.24) is 9.97 Å². The molecule has 1 atom stereocenters. The molecule has 0 amide bonds. The number of ether oxygens (including phenoxy) is 2. The first-order valence-corrected chi connectivity index (χ1v) is 12.6. The Kier molecular flexibility index (Phi) is 10.2. The van der Waals surface area contributed by atoms with Crippen molar-refractivity contribution < 1.29 is 23.0 Å². The molecular formula is C27H36F2N2O3. The maximum Gasteiger partial charge on any atom is 0.340 e. The Morgan fingerprint density at radius 1 is 1.09 bits per heavy atom. The monoisotopic (exact) mass is 474 g/mol. The number of nitrogens with zero attached hydrogens (tertiary/aromatic N) is 2. The summed E-state index contributed by atoms with van der Waals surface area (Å²) in [7, 11) is 0. The quantitative estimate of drug-likeness (QED) is 0.323. The van der Waals surface area contributed by atoms with Crippen LogP contribution >= 0.6 is 0 Å². The van der Waals surface area contributed by atoms with E-state index in [2.05, 4.69) is 16.9 Å². The molecular weight excluding hydrogens is 438 g/mol. The Balaban J connectivity index is 1.44. The minimum Gasteiger partial charge on any atom is -0.490 e. The molecule has 34 heavy (non-hydrogen) atoms. The molecule has 0 N–H and O–H groups in total. The maximum atomic E-state index is 14.6. The number of aryl methyl sites for hydroxylation is 1. The fourth-order valence-electron chi connectivity index (χ4n) is 4.13. The van der Waals surface area contributed by atoms with Gasteiger partial charge in [0.25, 0.3) is 0 Å². The maximum absolute atomic E-state index is 14.6. The molecule has 1 fully saturated rings. The number of esters is 1. The Hall–Kier alpha value is -2.57. The van der Waals surface area contributed by atoms with E-state index >= 15 is 0 Å². The van der Waals surface area contributed by atoms with Crippen LogP contribution in [0.1, 0.15) is 77.2 Å². The molecule has 0 saturated heterocycles. The summed E-state index contributed by atoms with van der Waals surface area (Å²) in [5.41, 5.74) is 1.69. The van der Waals surface area contributed by atoms with Crippen LogP contribution in [0.4, 0.5) is 8.78 Å². The van der Waals surface area contributed by atoms with Crippen molar-refractivity contribution in [3.05, 3.63) is 42.0 Å². The van der Waals surface area contributed by atoms with Crippen LogP contribution in [0.2, 0.25) is 0 Å². The predicted molar refractivity (Wildman–Crippen MR) is 128 cm³/mol. The van der Waals surface area contributed by atoms with E-state index in [1.807, 2.05) is 6.92 Å². The zero-order valence-electron chi connectivity index (χ0n) is 20.3. The number of alkyl halides is 1. The molecule has 0 radical (unpaired) electrons. The Morgan fingerprint density at radius 2 is 1.79 bits per heavy atom. The van der Waals surface area contributed by atoms with E-state index < -0.39 is 18.0 Å². The van der Waals surface area contributed by atoms with Crippen LogP contribution in [-0.4, -0.2) is 34.8 Å². The van der Waals surface area contributed by atoms with E-state index in [0.717, 1.165) is 44.1 Å². The largest absolute Gasteiger partial charge is 0.490 e. The molecule has 0 bridgehead atoms. The van der Waals surface area contributed by atoms with Crippen molar-refractivity contribution >= 4 is 5.97 Å². The summed E-state index contributed by atoms with van der Waals surface area (Å²) in [6, 6.07) is 4.78. The van der Waals surface area contributed by atoms with Gasteiger partial charge in [0.2, 0.25) is 0 Å². The second kappa shape index (κ2) is 13.4. The molecule has 1 aromatic heterocycles. The van der Waals surface area contributed by atoms with Gasteiger partial charge in [0.15, 0.2) is 23.6 Å². The number of hydrogen-bond donors (Lipinski definition) is 0. The van der Waals surface area contributed by atoms with E-state index in [4.69, 9.17) is 9.47 Å². The standard InChI is InChI=1S/C27H36F2N2O3/c1-3-5-7-20-16-30-26(31-17-20)21-11-14-25(24(29)15-21)33-18-19-9-12-22(13-10-19)34-27(32)23(28)8-6-4-2/h11,14-17,19,22-23H,3-10,12-13,18H2,1-2H3/t19-,22-,23-/m0/s1. The van der Waals surface area contributed by atoms with Crippen molar-refractivity contribution in [3.8, 4) is 17.1 Å². The van der Waals surface area contributed by atoms with Gasteiger partial charge in [-0.2, -0.15) is 0 Å². The first-order valence-electron chi connectivity index (χ1n) is 12.6. The third-order valence-electron chi connectivity index (χ3n) is 6.33. The fourth-order valence-corrected chi connectivity index (χ4v) is 4.13. The summed E-state index contributed by atoms with van der Waals surface area (Å²) in [6.07, 6.45) is 9.65. The second-order valence-electron chi connectivity index (χ2n) is 9.16. The molecule has 1 aliphatic rings. The van der Waals surface area contributed by atoms with Gasteiger partial charge in [0.1, 0.15) is 6.10 Å². The smallest absolute Gasteiger partial charge is 0.340 e. The van der Waals surface area contributed by atoms with Crippen LogP contribution < -0.4 is 4.74 Å². The van der Waals surface area contributed by atoms with Gasteiger partial charge in [-0.1, -0.05) is 33.1 Å². The highest BCUT2D eigenvalue weighted by atomic mass is 19.1. The van der Waals surface area contributed by atoms with Gasteiger partial charge < -0.3 is 9.47 Å². The van der Waals surface area contributed by atoms with E-state index in [0.29, 0.717) is 37.3 Å². The van der Waals surface area contributed by atoms with Gasteiger partial charge >= 0.3 is 5.97 Å². The number of carbonyl (C=O) groups excluding carboxylic acids is 1. The molecule has 2 aromatic rings. The highest BCUT2D eigenvalue weighted by molar-refractivity contribution is 5.74.